The van der Waals surface area contributed by atoms with Crippen LogP contribution in [0.2, 0.25) is 0 Å². The van der Waals surface area contributed by atoms with E-state index in [1.165, 1.54) is 0 Å². The number of rotatable bonds is 15. The second-order valence-corrected chi connectivity index (χ2v) is 17.7. The lowest BCUT2D eigenvalue weighted by molar-refractivity contribution is 0.00638. The molecule has 5 aromatic carbocycles. The summed E-state index contributed by atoms with van der Waals surface area (Å²) in [6.45, 7) is 5.41. The summed E-state index contributed by atoms with van der Waals surface area (Å²) in [6.07, 6.45) is 4.01. The van der Waals surface area contributed by atoms with E-state index in [0.717, 1.165) is 33.4 Å². The van der Waals surface area contributed by atoms with Gasteiger partial charge in [-0.1, -0.05) is 152 Å². The summed E-state index contributed by atoms with van der Waals surface area (Å²) in [6, 6.07) is 48.8. The van der Waals surface area contributed by atoms with Gasteiger partial charge >= 0.3 is 13.9 Å². The smallest absolute Gasteiger partial charge is 0.444 e. The molecule has 0 unspecified atom stereocenters. The van der Waals surface area contributed by atoms with Gasteiger partial charge in [-0.25, -0.2) is 19.3 Å². The average Bonchev–Trinajstić information content (AvgIpc) is 3.92. The van der Waals surface area contributed by atoms with Crippen molar-refractivity contribution in [2.45, 2.75) is 70.1 Å². The Hall–Kier alpha value is -6.10. The monoisotopic (exact) mass is 835 g/mol. The van der Waals surface area contributed by atoms with Crippen LogP contribution in [0.15, 0.2) is 164 Å². The van der Waals surface area contributed by atoms with Gasteiger partial charge in [0.1, 0.15) is 23.0 Å². The normalized spacial score (nSPS) is 15.8. The standard InChI is InChI=1S/C49H50N5O6P/c1-48(2,3)60-47(55)54-41(34-59-61(56,57-32-36-19-9-4-10-20-36)58-33-37-21-11-5-12-22-37)29-30-43(54)42-31-50-45-44(42)51-35-52-46(45)53-49(38-23-13-6-14-24-38,39-25-15-7-16-26-39)40-27-17-8-18-28-40/h4-28,31,35,41,43,50H,29-30,32-34H2,1-3H3,(H,51,52,53)/t41-,43+/m0/s1. The van der Waals surface area contributed by atoms with Crippen molar-refractivity contribution in [1.82, 2.24) is 19.9 Å². The molecule has 3 heterocycles. The lowest BCUT2D eigenvalue weighted by atomic mass is 9.77. The number of amides is 1. The van der Waals surface area contributed by atoms with Crippen molar-refractivity contribution in [3.63, 3.8) is 0 Å². The molecule has 0 radical (unpaired) electrons. The number of hydrogen-bond acceptors (Lipinski definition) is 9. The van der Waals surface area contributed by atoms with Gasteiger partial charge in [0, 0.05) is 11.8 Å². The lowest BCUT2D eigenvalue weighted by Crippen LogP contribution is -2.43. The summed E-state index contributed by atoms with van der Waals surface area (Å²) in [7, 11) is -4.14. The minimum atomic E-state index is -4.14. The third-order valence-corrected chi connectivity index (χ3v) is 12.1. The molecule has 1 saturated heterocycles. The second kappa shape index (κ2) is 18.3. The van der Waals surface area contributed by atoms with Gasteiger partial charge in [0.15, 0.2) is 5.82 Å². The van der Waals surface area contributed by atoms with Crippen LogP contribution in [-0.2, 0) is 41.6 Å². The van der Waals surface area contributed by atoms with Crippen molar-refractivity contribution in [3.8, 4) is 0 Å². The van der Waals surface area contributed by atoms with Gasteiger partial charge in [-0.05, 0) is 61.4 Å². The molecule has 61 heavy (non-hydrogen) atoms. The van der Waals surface area contributed by atoms with E-state index >= 15 is 0 Å². The maximum atomic E-state index is 14.3. The number of aromatic nitrogens is 3. The van der Waals surface area contributed by atoms with E-state index in [2.05, 4.69) is 46.7 Å². The minimum absolute atomic E-state index is 0.0154. The molecule has 0 aliphatic carbocycles. The lowest BCUT2D eigenvalue weighted by Gasteiger charge is -2.37. The predicted molar refractivity (Wildman–Crippen MR) is 237 cm³/mol. The van der Waals surface area contributed by atoms with E-state index in [9.17, 15) is 9.36 Å². The summed E-state index contributed by atoms with van der Waals surface area (Å²) in [4.78, 5) is 29.0. The predicted octanol–water partition coefficient (Wildman–Crippen LogP) is 11.4. The van der Waals surface area contributed by atoms with Crippen molar-refractivity contribution >= 4 is 30.8 Å². The minimum Gasteiger partial charge on any atom is -0.444 e. The molecule has 0 spiro atoms. The number of benzene rings is 5. The van der Waals surface area contributed by atoms with Crippen LogP contribution < -0.4 is 5.32 Å². The van der Waals surface area contributed by atoms with Crippen LogP contribution in [0.3, 0.4) is 0 Å². The zero-order valence-electron chi connectivity index (χ0n) is 34.5. The number of carbonyl (C=O) groups is 1. The molecule has 0 saturated carbocycles. The van der Waals surface area contributed by atoms with Crippen molar-refractivity contribution in [1.29, 1.82) is 0 Å². The number of anilines is 1. The third kappa shape index (κ3) is 9.46. The Kier molecular flexibility index (Phi) is 12.5. The number of nitrogens with zero attached hydrogens (tertiary/aromatic N) is 3. The second-order valence-electron chi connectivity index (χ2n) is 16.1. The molecule has 2 aromatic heterocycles. The van der Waals surface area contributed by atoms with Crippen LogP contribution in [0.25, 0.3) is 11.0 Å². The number of nitrogens with one attached hydrogen (secondary N) is 2. The number of likely N-dealkylation sites (tertiary alicyclic amines) is 1. The quantitative estimate of drug-likeness (QED) is 0.0766. The van der Waals surface area contributed by atoms with Crippen LogP contribution in [-0.4, -0.2) is 44.2 Å². The van der Waals surface area contributed by atoms with Crippen LogP contribution in [0.4, 0.5) is 10.6 Å². The Balaban J connectivity index is 1.12. The highest BCUT2D eigenvalue weighted by Crippen LogP contribution is 2.52. The maximum Gasteiger partial charge on any atom is 0.475 e. The van der Waals surface area contributed by atoms with E-state index in [0.29, 0.717) is 29.7 Å². The topological polar surface area (TPSA) is 128 Å². The van der Waals surface area contributed by atoms with E-state index in [1.54, 1.807) is 11.2 Å². The fourth-order valence-corrected chi connectivity index (χ4v) is 9.15. The van der Waals surface area contributed by atoms with Gasteiger partial charge in [0.05, 0.1) is 37.4 Å². The van der Waals surface area contributed by atoms with Gasteiger partial charge in [-0.15, -0.1) is 0 Å². The summed E-state index contributed by atoms with van der Waals surface area (Å²) >= 11 is 0. The molecule has 1 aliphatic rings. The molecular weight excluding hydrogens is 786 g/mol. The highest BCUT2D eigenvalue weighted by atomic mass is 31.2. The first-order valence-corrected chi connectivity index (χ1v) is 22.0. The number of phosphoric ester groups is 1. The third-order valence-electron chi connectivity index (χ3n) is 10.8. The molecule has 11 nitrogen and oxygen atoms in total. The number of ether oxygens (including phenoxy) is 1. The molecule has 1 fully saturated rings. The summed E-state index contributed by atoms with van der Waals surface area (Å²) in [5, 5.41) is 3.88. The van der Waals surface area contributed by atoms with E-state index in [4.69, 9.17) is 28.3 Å². The summed E-state index contributed by atoms with van der Waals surface area (Å²) in [5.41, 5.74) is 5.22. The van der Waals surface area contributed by atoms with Crippen LogP contribution in [0.1, 0.15) is 73.0 Å². The van der Waals surface area contributed by atoms with E-state index in [1.807, 2.05) is 142 Å². The Morgan fingerprint density at radius 1 is 0.705 bits per heavy atom. The maximum absolute atomic E-state index is 14.3. The molecule has 8 rings (SSSR count). The van der Waals surface area contributed by atoms with Gasteiger partial charge in [0.25, 0.3) is 0 Å². The zero-order chi connectivity index (χ0) is 42.3. The van der Waals surface area contributed by atoms with Crippen LogP contribution in [0, 0.1) is 0 Å². The summed E-state index contributed by atoms with van der Waals surface area (Å²) in [5.74, 6) is 0.585. The Labute approximate surface area is 356 Å². The van der Waals surface area contributed by atoms with Gasteiger partial charge in [0.2, 0.25) is 0 Å². The molecule has 7 aromatic rings. The molecule has 312 valence electrons. The van der Waals surface area contributed by atoms with Crippen LogP contribution in [0.5, 0.6) is 0 Å². The van der Waals surface area contributed by atoms with Crippen molar-refractivity contribution in [3.05, 3.63) is 198 Å². The molecule has 2 atom stereocenters. The molecule has 2 N–H and O–H groups in total. The largest absolute Gasteiger partial charge is 0.475 e. The highest BCUT2D eigenvalue weighted by Gasteiger charge is 2.44. The molecule has 1 amide bonds. The molecule has 0 bridgehead atoms. The molecule has 1 aliphatic heterocycles. The fraction of sp³-hybridized carbons (Fsp3) is 0.245. The number of hydrogen-bond donors (Lipinski definition) is 2. The first kappa shape index (κ1) is 41.6. The number of aromatic amines is 1. The Bertz CT molecular complexity index is 2410. The molecule has 12 heteroatoms. The number of phosphoric acid groups is 1. The number of carbonyl (C=O) groups excluding carboxylic acids is 1. The van der Waals surface area contributed by atoms with Crippen molar-refractivity contribution < 1.29 is 27.7 Å². The Morgan fingerprint density at radius 2 is 1.20 bits per heavy atom. The van der Waals surface area contributed by atoms with Crippen molar-refractivity contribution in [2.24, 2.45) is 0 Å². The highest BCUT2D eigenvalue weighted by molar-refractivity contribution is 7.48. The van der Waals surface area contributed by atoms with Gasteiger partial charge in [-0.2, -0.15) is 0 Å². The van der Waals surface area contributed by atoms with E-state index in [-0.39, 0.29) is 19.8 Å². The Morgan fingerprint density at radius 3 is 1.69 bits per heavy atom. The SMILES string of the molecule is CC(C)(C)OC(=O)N1[C@H](COP(=O)(OCc2ccccc2)OCc2ccccc2)CC[C@@H]1c1c[nH]c2c(NC(c3ccccc3)(c3ccccc3)c3ccccc3)ncnc12. The molecular formula is C49H50N5O6P. The van der Waals surface area contributed by atoms with Crippen molar-refractivity contribution in [2.75, 3.05) is 11.9 Å². The first-order chi connectivity index (χ1) is 29.6. The van der Waals surface area contributed by atoms with Gasteiger partial charge in [-0.3, -0.25) is 18.5 Å². The van der Waals surface area contributed by atoms with Crippen LogP contribution >= 0.6 is 7.82 Å². The summed E-state index contributed by atoms with van der Waals surface area (Å²) < 4.78 is 38.3. The first-order valence-electron chi connectivity index (χ1n) is 20.5. The number of H-pyrrole nitrogens is 1. The average molecular weight is 836 g/mol. The number of fused-ring (bicyclic) bond motifs is 1. The fourth-order valence-electron chi connectivity index (χ4n) is 7.95. The zero-order valence-corrected chi connectivity index (χ0v) is 35.4. The van der Waals surface area contributed by atoms with Gasteiger partial charge < -0.3 is 15.0 Å². The van der Waals surface area contributed by atoms with E-state index < -0.39 is 37.1 Å².